The van der Waals surface area contributed by atoms with Gasteiger partial charge in [-0.05, 0) is 42.8 Å². The van der Waals surface area contributed by atoms with E-state index in [0.29, 0.717) is 6.54 Å². The fourth-order valence-corrected chi connectivity index (χ4v) is 4.05. The van der Waals surface area contributed by atoms with E-state index >= 15 is 0 Å². The summed E-state index contributed by atoms with van der Waals surface area (Å²) in [6.45, 7) is 1.32. The molecular formula is C19H21BrN4O3S. The van der Waals surface area contributed by atoms with Gasteiger partial charge in [0, 0.05) is 30.5 Å². The Kier molecular flexibility index (Phi) is 6.82. The third-order valence-electron chi connectivity index (χ3n) is 4.19. The zero-order chi connectivity index (χ0) is 20.0. The molecule has 0 aliphatic carbocycles. The van der Waals surface area contributed by atoms with Gasteiger partial charge in [0.2, 0.25) is 15.9 Å². The van der Waals surface area contributed by atoms with Gasteiger partial charge in [0.1, 0.15) is 0 Å². The average Bonchev–Trinajstić information content (AvgIpc) is 3.09. The molecule has 3 rings (SSSR count). The number of hydrogen-bond donors (Lipinski definition) is 2. The Labute approximate surface area is 172 Å². The van der Waals surface area contributed by atoms with Crippen molar-refractivity contribution >= 4 is 42.9 Å². The fourth-order valence-electron chi connectivity index (χ4n) is 2.75. The fraction of sp³-hybridized carbons (Fsp3) is 0.263. The maximum atomic E-state index is 12.2. The van der Waals surface area contributed by atoms with Crippen molar-refractivity contribution in [1.82, 2.24) is 19.6 Å². The number of rotatable bonds is 9. The lowest BCUT2D eigenvalue weighted by molar-refractivity contribution is -0.120. The SMILES string of the molecule is O=C(CCNS(=O)(=O)c1ccc(Br)cc1)NCCCn1cnc2ccccc21. The molecule has 2 aromatic carbocycles. The zero-order valence-electron chi connectivity index (χ0n) is 15.1. The molecule has 2 N–H and O–H groups in total. The first-order chi connectivity index (χ1) is 13.5. The quantitative estimate of drug-likeness (QED) is 0.476. The maximum Gasteiger partial charge on any atom is 0.240 e. The smallest absolute Gasteiger partial charge is 0.240 e. The highest BCUT2D eigenvalue weighted by Crippen LogP contribution is 2.14. The van der Waals surface area contributed by atoms with Gasteiger partial charge in [-0.2, -0.15) is 0 Å². The lowest BCUT2D eigenvalue weighted by Gasteiger charge is -2.08. The molecule has 0 bridgehead atoms. The van der Waals surface area contributed by atoms with Gasteiger partial charge in [0.15, 0.2) is 0 Å². The summed E-state index contributed by atoms with van der Waals surface area (Å²) in [6.07, 6.45) is 2.64. The van der Waals surface area contributed by atoms with E-state index in [9.17, 15) is 13.2 Å². The molecule has 0 saturated heterocycles. The van der Waals surface area contributed by atoms with Crippen LogP contribution in [0.25, 0.3) is 11.0 Å². The first-order valence-corrected chi connectivity index (χ1v) is 11.2. The van der Waals surface area contributed by atoms with Crippen LogP contribution in [-0.4, -0.2) is 37.0 Å². The molecule has 1 heterocycles. The molecule has 0 spiro atoms. The summed E-state index contributed by atoms with van der Waals surface area (Å²) in [5, 5.41) is 2.81. The van der Waals surface area contributed by atoms with Crippen LogP contribution >= 0.6 is 15.9 Å². The lowest BCUT2D eigenvalue weighted by atomic mass is 10.3. The molecule has 7 nitrogen and oxygen atoms in total. The van der Waals surface area contributed by atoms with Crippen molar-refractivity contribution in [3.8, 4) is 0 Å². The highest BCUT2D eigenvalue weighted by molar-refractivity contribution is 9.10. The Balaban J connectivity index is 1.37. The summed E-state index contributed by atoms with van der Waals surface area (Å²) >= 11 is 3.27. The van der Waals surface area contributed by atoms with Gasteiger partial charge in [0.25, 0.3) is 0 Å². The number of aromatic nitrogens is 2. The van der Waals surface area contributed by atoms with E-state index in [1.807, 2.05) is 28.8 Å². The molecule has 0 atom stereocenters. The highest BCUT2D eigenvalue weighted by atomic mass is 79.9. The van der Waals surface area contributed by atoms with Gasteiger partial charge < -0.3 is 9.88 Å². The summed E-state index contributed by atoms with van der Waals surface area (Å²) < 4.78 is 29.6. The predicted molar refractivity (Wildman–Crippen MR) is 111 cm³/mol. The molecule has 148 valence electrons. The number of imidazole rings is 1. The van der Waals surface area contributed by atoms with Crippen molar-refractivity contribution in [3.63, 3.8) is 0 Å². The van der Waals surface area contributed by atoms with Crippen LogP contribution in [0.15, 0.2) is 64.2 Å². The summed E-state index contributed by atoms with van der Waals surface area (Å²) in [5.74, 6) is -0.186. The van der Waals surface area contributed by atoms with Crippen LogP contribution in [0.5, 0.6) is 0 Å². The highest BCUT2D eigenvalue weighted by Gasteiger charge is 2.13. The zero-order valence-corrected chi connectivity index (χ0v) is 17.5. The lowest BCUT2D eigenvalue weighted by Crippen LogP contribution is -2.31. The monoisotopic (exact) mass is 464 g/mol. The molecule has 1 amide bonds. The number of amides is 1. The largest absolute Gasteiger partial charge is 0.356 e. The van der Waals surface area contributed by atoms with Gasteiger partial charge in [-0.15, -0.1) is 0 Å². The second-order valence-electron chi connectivity index (χ2n) is 6.23. The summed E-state index contributed by atoms with van der Waals surface area (Å²) in [5.41, 5.74) is 2.01. The molecule has 28 heavy (non-hydrogen) atoms. The van der Waals surface area contributed by atoms with Gasteiger partial charge in [-0.25, -0.2) is 18.1 Å². The van der Waals surface area contributed by atoms with Crippen LogP contribution in [0.3, 0.4) is 0 Å². The molecule has 9 heteroatoms. The molecule has 1 aromatic heterocycles. The Morgan fingerprint density at radius 3 is 2.61 bits per heavy atom. The minimum Gasteiger partial charge on any atom is -0.356 e. The number of carbonyl (C=O) groups is 1. The minimum atomic E-state index is -3.61. The molecular weight excluding hydrogens is 444 g/mol. The summed E-state index contributed by atoms with van der Waals surface area (Å²) in [4.78, 5) is 16.4. The van der Waals surface area contributed by atoms with Crippen molar-refractivity contribution in [2.75, 3.05) is 13.1 Å². The van der Waals surface area contributed by atoms with E-state index in [1.54, 1.807) is 18.5 Å². The first kappa shape index (κ1) is 20.5. The van der Waals surface area contributed by atoms with Crippen LogP contribution < -0.4 is 10.0 Å². The standard InChI is InChI=1S/C19H21BrN4O3S/c20-15-6-8-16(9-7-15)28(26,27)23-12-10-19(25)21-11-3-13-24-14-22-17-4-1-2-5-18(17)24/h1-2,4-9,14,23H,3,10-13H2,(H,21,25). The van der Waals surface area contributed by atoms with Gasteiger partial charge in [0.05, 0.1) is 22.3 Å². The van der Waals surface area contributed by atoms with Crippen molar-refractivity contribution in [2.45, 2.75) is 24.3 Å². The van der Waals surface area contributed by atoms with Crippen molar-refractivity contribution in [2.24, 2.45) is 0 Å². The Bertz CT molecular complexity index is 1050. The number of nitrogens with one attached hydrogen (secondary N) is 2. The van der Waals surface area contributed by atoms with Gasteiger partial charge in [-0.1, -0.05) is 28.1 Å². The number of benzene rings is 2. The van der Waals surface area contributed by atoms with Crippen molar-refractivity contribution in [1.29, 1.82) is 0 Å². The predicted octanol–water partition coefficient (Wildman–Crippen LogP) is 2.67. The van der Waals surface area contributed by atoms with Crippen LogP contribution in [-0.2, 0) is 21.4 Å². The molecule has 0 radical (unpaired) electrons. The second-order valence-corrected chi connectivity index (χ2v) is 8.91. The van der Waals surface area contributed by atoms with Gasteiger partial charge in [-0.3, -0.25) is 4.79 Å². The number of nitrogens with zero attached hydrogens (tertiary/aromatic N) is 2. The molecule has 0 aliphatic heterocycles. The minimum absolute atomic E-state index is 0.0520. The van der Waals surface area contributed by atoms with Crippen LogP contribution in [0, 0.1) is 0 Å². The van der Waals surface area contributed by atoms with E-state index in [1.165, 1.54) is 12.1 Å². The third-order valence-corrected chi connectivity index (χ3v) is 6.20. The molecule has 0 unspecified atom stereocenters. The van der Waals surface area contributed by atoms with E-state index in [4.69, 9.17) is 0 Å². The van der Waals surface area contributed by atoms with Crippen LogP contribution in [0.4, 0.5) is 0 Å². The van der Waals surface area contributed by atoms with E-state index in [0.717, 1.165) is 28.5 Å². The number of carbonyl (C=O) groups excluding carboxylic acids is 1. The number of sulfonamides is 1. The number of aryl methyl sites for hydroxylation is 1. The third kappa shape index (κ3) is 5.40. The van der Waals surface area contributed by atoms with E-state index in [-0.39, 0.29) is 23.8 Å². The Morgan fingerprint density at radius 1 is 1.07 bits per heavy atom. The Hall–Kier alpha value is -2.23. The maximum absolute atomic E-state index is 12.2. The van der Waals surface area contributed by atoms with Crippen molar-refractivity contribution < 1.29 is 13.2 Å². The molecule has 0 saturated carbocycles. The normalized spacial score (nSPS) is 11.6. The summed E-state index contributed by atoms with van der Waals surface area (Å²) in [6, 6.07) is 14.2. The number of fused-ring (bicyclic) bond motifs is 1. The Morgan fingerprint density at radius 2 is 1.82 bits per heavy atom. The molecule has 0 aliphatic rings. The summed E-state index contributed by atoms with van der Waals surface area (Å²) in [7, 11) is -3.61. The second kappa shape index (κ2) is 9.31. The molecule has 3 aromatic rings. The number of para-hydroxylation sites is 2. The van der Waals surface area contributed by atoms with Crippen LogP contribution in [0.2, 0.25) is 0 Å². The number of halogens is 1. The topological polar surface area (TPSA) is 93.1 Å². The van der Waals surface area contributed by atoms with Crippen molar-refractivity contribution in [3.05, 3.63) is 59.3 Å². The van der Waals surface area contributed by atoms with E-state index < -0.39 is 10.0 Å². The molecule has 0 fully saturated rings. The average molecular weight is 465 g/mol. The van der Waals surface area contributed by atoms with Crippen LogP contribution in [0.1, 0.15) is 12.8 Å². The van der Waals surface area contributed by atoms with Gasteiger partial charge >= 0.3 is 0 Å². The van der Waals surface area contributed by atoms with E-state index in [2.05, 4.69) is 31.0 Å². The first-order valence-electron chi connectivity index (χ1n) is 8.87. The number of hydrogen-bond acceptors (Lipinski definition) is 4.